The SMILES string of the molecule is O=C(Nc1nnc2n1CCCC2)c1c(F)cccc1Cl. The number of nitrogens with zero attached hydrogens (tertiary/aromatic N) is 3. The average Bonchev–Trinajstić information content (AvgIpc) is 2.82. The zero-order valence-electron chi connectivity index (χ0n) is 10.6. The molecule has 1 aliphatic heterocycles. The summed E-state index contributed by atoms with van der Waals surface area (Å²) >= 11 is 5.86. The van der Waals surface area contributed by atoms with E-state index in [1.807, 2.05) is 4.57 Å². The number of aryl methyl sites for hydroxylation is 1. The number of aromatic nitrogens is 3. The van der Waals surface area contributed by atoms with E-state index in [0.29, 0.717) is 5.95 Å². The molecule has 1 amide bonds. The second kappa shape index (κ2) is 5.20. The Morgan fingerprint density at radius 3 is 3.00 bits per heavy atom. The van der Waals surface area contributed by atoms with Gasteiger partial charge in [0.25, 0.3) is 5.91 Å². The third kappa shape index (κ3) is 2.27. The standard InChI is InChI=1S/C13H12ClFN4O/c14-8-4-3-5-9(15)11(8)12(20)16-13-18-17-10-6-1-2-7-19(10)13/h3-5H,1-2,6-7H2,(H,16,18,20). The van der Waals surface area contributed by atoms with Gasteiger partial charge in [0, 0.05) is 13.0 Å². The largest absolute Gasteiger partial charge is 0.297 e. The Labute approximate surface area is 119 Å². The van der Waals surface area contributed by atoms with Gasteiger partial charge in [-0.15, -0.1) is 10.2 Å². The van der Waals surface area contributed by atoms with E-state index in [1.165, 1.54) is 18.2 Å². The minimum absolute atomic E-state index is 0.0703. The van der Waals surface area contributed by atoms with E-state index in [4.69, 9.17) is 11.6 Å². The molecule has 0 saturated heterocycles. The Hall–Kier alpha value is -1.95. The maximum atomic E-state index is 13.7. The lowest BCUT2D eigenvalue weighted by Gasteiger charge is -2.15. The Bertz CT molecular complexity index is 650. The predicted octanol–water partition coefficient (Wildman–Crippen LogP) is 2.66. The number of carbonyl (C=O) groups excluding carboxylic acids is 1. The second-order valence-electron chi connectivity index (χ2n) is 4.60. The van der Waals surface area contributed by atoms with Crippen molar-refractivity contribution in [3.8, 4) is 0 Å². The highest BCUT2D eigenvalue weighted by atomic mass is 35.5. The average molecular weight is 295 g/mol. The van der Waals surface area contributed by atoms with Crippen molar-refractivity contribution in [2.45, 2.75) is 25.8 Å². The Morgan fingerprint density at radius 2 is 2.20 bits per heavy atom. The molecule has 7 heteroatoms. The summed E-state index contributed by atoms with van der Waals surface area (Å²) in [5, 5.41) is 10.6. The number of anilines is 1. The Morgan fingerprint density at radius 1 is 1.35 bits per heavy atom. The molecule has 1 N–H and O–H groups in total. The van der Waals surface area contributed by atoms with Gasteiger partial charge in [-0.05, 0) is 25.0 Å². The van der Waals surface area contributed by atoms with Crippen molar-refractivity contribution in [1.82, 2.24) is 14.8 Å². The number of hydrogen-bond acceptors (Lipinski definition) is 3. The molecule has 0 saturated carbocycles. The van der Waals surface area contributed by atoms with Gasteiger partial charge in [-0.2, -0.15) is 0 Å². The summed E-state index contributed by atoms with van der Waals surface area (Å²) < 4.78 is 15.5. The van der Waals surface area contributed by atoms with Crippen molar-refractivity contribution in [1.29, 1.82) is 0 Å². The van der Waals surface area contributed by atoms with Crippen LogP contribution < -0.4 is 5.32 Å². The van der Waals surface area contributed by atoms with Gasteiger partial charge < -0.3 is 0 Å². The Balaban J connectivity index is 1.88. The van der Waals surface area contributed by atoms with Crippen LogP contribution in [0.5, 0.6) is 0 Å². The first-order valence-electron chi connectivity index (χ1n) is 6.34. The fraction of sp³-hybridized carbons (Fsp3) is 0.308. The molecule has 2 aromatic rings. The van der Waals surface area contributed by atoms with Crippen LogP contribution in [0.4, 0.5) is 10.3 Å². The number of nitrogens with one attached hydrogen (secondary N) is 1. The minimum atomic E-state index is -0.659. The number of halogens is 2. The number of amides is 1. The fourth-order valence-electron chi connectivity index (χ4n) is 2.28. The summed E-state index contributed by atoms with van der Waals surface area (Å²) in [5.41, 5.74) is -0.178. The molecule has 0 radical (unpaired) electrons. The summed E-state index contributed by atoms with van der Waals surface area (Å²) in [6.45, 7) is 0.753. The van der Waals surface area contributed by atoms with Gasteiger partial charge in [-0.1, -0.05) is 17.7 Å². The smallest absolute Gasteiger partial charge is 0.262 e. The molecular formula is C13H12ClFN4O. The maximum absolute atomic E-state index is 13.7. The molecule has 5 nitrogen and oxygen atoms in total. The van der Waals surface area contributed by atoms with Crippen LogP contribution >= 0.6 is 11.6 Å². The summed E-state index contributed by atoms with van der Waals surface area (Å²) in [6, 6.07) is 4.12. The molecule has 1 aliphatic rings. The van der Waals surface area contributed by atoms with E-state index in [2.05, 4.69) is 15.5 Å². The van der Waals surface area contributed by atoms with Crippen molar-refractivity contribution in [3.05, 3.63) is 40.4 Å². The quantitative estimate of drug-likeness (QED) is 0.926. The van der Waals surface area contributed by atoms with Gasteiger partial charge in [0.1, 0.15) is 11.6 Å². The first kappa shape index (κ1) is 13.1. The maximum Gasteiger partial charge on any atom is 0.262 e. The van der Waals surface area contributed by atoms with Crippen LogP contribution in [-0.4, -0.2) is 20.7 Å². The number of rotatable bonds is 2. The van der Waals surface area contributed by atoms with Gasteiger partial charge in [0.15, 0.2) is 0 Å². The van der Waals surface area contributed by atoms with Crippen LogP contribution in [0, 0.1) is 5.82 Å². The highest BCUT2D eigenvalue weighted by molar-refractivity contribution is 6.34. The van der Waals surface area contributed by atoms with Crippen LogP contribution in [0.3, 0.4) is 0 Å². The lowest BCUT2D eigenvalue weighted by Crippen LogP contribution is -2.20. The molecule has 0 spiro atoms. The third-order valence-electron chi connectivity index (χ3n) is 3.27. The lowest BCUT2D eigenvalue weighted by molar-refractivity contribution is 0.102. The van der Waals surface area contributed by atoms with Crippen LogP contribution in [0.2, 0.25) is 5.02 Å². The molecular weight excluding hydrogens is 283 g/mol. The Kier molecular flexibility index (Phi) is 3.40. The molecule has 0 bridgehead atoms. The van der Waals surface area contributed by atoms with Gasteiger partial charge in [-0.25, -0.2) is 4.39 Å². The highest BCUT2D eigenvalue weighted by Gasteiger charge is 2.21. The molecule has 0 unspecified atom stereocenters. The molecule has 0 fully saturated rings. The summed E-state index contributed by atoms with van der Waals surface area (Å²) in [7, 11) is 0. The van der Waals surface area contributed by atoms with Crippen molar-refractivity contribution >= 4 is 23.5 Å². The van der Waals surface area contributed by atoms with Gasteiger partial charge in [0.05, 0.1) is 10.6 Å². The molecule has 0 aliphatic carbocycles. The van der Waals surface area contributed by atoms with Crippen molar-refractivity contribution in [2.75, 3.05) is 5.32 Å². The monoisotopic (exact) mass is 294 g/mol. The zero-order valence-corrected chi connectivity index (χ0v) is 11.3. The van der Waals surface area contributed by atoms with Crippen molar-refractivity contribution in [3.63, 3.8) is 0 Å². The van der Waals surface area contributed by atoms with E-state index in [-0.39, 0.29) is 10.6 Å². The number of fused-ring (bicyclic) bond motifs is 1. The second-order valence-corrected chi connectivity index (χ2v) is 5.01. The molecule has 1 aromatic carbocycles. The van der Waals surface area contributed by atoms with E-state index in [1.54, 1.807) is 0 Å². The first-order chi connectivity index (χ1) is 9.66. The fourth-order valence-corrected chi connectivity index (χ4v) is 2.53. The van der Waals surface area contributed by atoms with E-state index in [0.717, 1.165) is 31.6 Å². The van der Waals surface area contributed by atoms with Gasteiger partial charge in [-0.3, -0.25) is 14.7 Å². The normalized spacial score (nSPS) is 13.9. The molecule has 2 heterocycles. The van der Waals surface area contributed by atoms with E-state index in [9.17, 15) is 9.18 Å². The predicted molar refractivity (Wildman–Crippen MR) is 72.3 cm³/mol. The third-order valence-corrected chi connectivity index (χ3v) is 3.59. The van der Waals surface area contributed by atoms with Crippen LogP contribution in [0.1, 0.15) is 29.0 Å². The van der Waals surface area contributed by atoms with Crippen LogP contribution in [0.25, 0.3) is 0 Å². The molecule has 3 rings (SSSR count). The zero-order chi connectivity index (χ0) is 14.1. The van der Waals surface area contributed by atoms with E-state index >= 15 is 0 Å². The summed E-state index contributed by atoms with van der Waals surface area (Å²) in [4.78, 5) is 12.1. The topological polar surface area (TPSA) is 59.8 Å². The number of hydrogen-bond donors (Lipinski definition) is 1. The molecule has 20 heavy (non-hydrogen) atoms. The van der Waals surface area contributed by atoms with Crippen LogP contribution in [0.15, 0.2) is 18.2 Å². The molecule has 0 atom stereocenters. The summed E-state index contributed by atoms with van der Waals surface area (Å²) in [6.07, 6.45) is 2.91. The van der Waals surface area contributed by atoms with Crippen molar-refractivity contribution in [2.24, 2.45) is 0 Å². The van der Waals surface area contributed by atoms with Crippen LogP contribution in [-0.2, 0) is 13.0 Å². The first-order valence-corrected chi connectivity index (χ1v) is 6.72. The number of benzene rings is 1. The molecule has 104 valence electrons. The molecule has 1 aromatic heterocycles. The van der Waals surface area contributed by atoms with Gasteiger partial charge in [0.2, 0.25) is 5.95 Å². The lowest BCUT2D eigenvalue weighted by atomic mass is 10.2. The van der Waals surface area contributed by atoms with Gasteiger partial charge >= 0.3 is 0 Å². The highest BCUT2D eigenvalue weighted by Crippen LogP contribution is 2.22. The minimum Gasteiger partial charge on any atom is -0.297 e. The van der Waals surface area contributed by atoms with Crippen molar-refractivity contribution < 1.29 is 9.18 Å². The summed E-state index contributed by atoms with van der Waals surface area (Å²) in [5.74, 6) is -0.0996. The number of carbonyl (C=O) groups is 1. The van der Waals surface area contributed by atoms with E-state index < -0.39 is 11.7 Å².